The molecule has 1 saturated heterocycles. The van der Waals surface area contributed by atoms with Crippen molar-refractivity contribution in [3.8, 4) is 0 Å². The van der Waals surface area contributed by atoms with E-state index < -0.39 is 0 Å². The highest BCUT2D eigenvalue weighted by molar-refractivity contribution is 9.10. The standard InChI is InChI=1S/C11H19BrN4O/c12-10-14-11(13)15-16(10)6-2-1-3-9-4-7-17-8-5-9/h9H,1-8H2,(H2,13,15). The lowest BCUT2D eigenvalue weighted by Crippen LogP contribution is -2.15. The summed E-state index contributed by atoms with van der Waals surface area (Å²) in [6.07, 6.45) is 6.10. The normalized spacial score (nSPS) is 17.5. The number of ether oxygens (including phenoxy) is 1. The first kappa shape index (κ1) is 12.8. The largest absolute Gasteiger partial charge is 0.381 e. The predicted molar refractivity (Wildman–Crippen MR) is 69.5 cm³/mol. The Hall–Kier alpha value is -0.620. The molecule has 17 heavy (non-hydrogen) atoms. The molecular weight excluding hydrogens is 284 g/mol. The van der Waals surface area contributed by atoms with Crippen LogP contribution in [0.4, 0.5) is 5.95 Å². The SMILES string of the molecule is Nc1nc(Br)n(CCCCC2CCOCC2)n1. The second kappa shape index (κ2) is 6.35. The minimum Gasteiger partial charge on any atom is -0.381 e. The van der Waals surface area contributed by atoms with Gasteiger partial charge < -0.3 is 10.5 Å². The Balaban J connectivity index is 1.64. The van der Waals surface area contributed by atoms with Crippen molar-refractivity contribution in [2.45, 2.75) is 38.6 Å². The van der Waals surface area contributed by atoms with Gasteiger partial charge in [0.2, 0.25) is 5.95 Å². The van der Waals surface area contributed by atoms with E-state index in [9.17, 15) is 0 Å². The monoisotopic (exact) mass is 302 g/mol. The lowest BCUT2D eigenvalue weighted by molar-refractivity contribution is 0.0630. The minimum absolute atomic E-state index is 0.335. The molecule has 2 N–H and O–H groups in total. The number of nitrogens with two attached hydrogens (primary N) is 1. The van der Waals surface area contributed by atoms with E-state index in [1.54, 1.807) is 0 Å². The average molecular weight is 303 g/mol. The molecule has 2 rings (SSSR count). The van der Waals surface area contributed by atoms with Gasteiger partial charge in [-0.25, -0.2) is 4.68 Å². The number of unbranched alkanes of at least 4 members (excludes halogenated alkanes) is 1. The Morgan fingerprint density at radius 2 is 2.12 bits per heavy atom. The van der Waals surface area contributed by atoms with Crippen molar-refractivity contribution in [3.05, 3.63) is 4.73 Å². The molecule has 1 aromatic heterocycles. The predicted octanol–water partition coefficient (Wildman–Crippen LogP) is 2.22. The van der Waals surface area contributed by atoms with Gasteiger partial charge in [-0.05, 0) is 41.1 Å². The van der Waals surface area contributed by atoms with Crippen LogP contribution < -0.4 is 5.73 Å². The lowest BCUT2D eigenvalue weighted by Gasteiger charge is -2.21. The molecule has 0 spiro atoms. The van der Waals surface area contributed by atoms with Gasteiger partial charge in [-0.2, -0.15) is 4.98 Å². The van der Waals surface area contributed by atoms with Crippen LogP contribution in [0.25, 0.3) is 0 Å². The second-order valence-electron chi connectivity index (χ2n) is 4.51. The molecule has 0 atom stereocenters. The lowest BCUT2D eigenvalue weighted by atomic mass is 9.94. The fourth-order valence-corrected chi connectivity index (χ4v) is 2.65. The van der Waals surface area contributed by atoms with Crippen molar-refractivity contribution in [1.29, 1.82) is 0 Å². The zero-order valence-corrected chi connectivity index (χ0v) is 11.5. The third kappa shape index (κ3) is 3.96. The van der Waals surface area contributed by atoms with Crippen molar-refractivity contribution < 1.29 is 4.74 Å². The molecular formula is C11H19BrN4O. The Morgan fingerprint density at radius 1 is 1.35 bits per heavy atom. The quantitative estimate of drug-likeness (QED) is 0.847. The molecule has 6 heteroatoms. The maximum Gasteiger partial charge on any atom is 0.240 e. The van der Waals surface area contributed by atoms with Gasteiger partial charge in [0.1, 0.15) is 0 Å². The fraction of sp³-hybridized carbons (Fsp3) is 0.818. The number of aryl methyl sites for hydroxylation is 1. The number of nitrogens with zero attached hydrogens (tertiary/aromatic N) is 3. The number of nitrogen functional groups attached to an aromatic ring is 1. The number of halogens is 1. The second-order valence-corrected chi connectivity index (χ2v) is 5.22. The van der Waals surface area contributed by atoms with Crippen LogP contribution in [0.5, 0.6) is 0 Å². The molecule has 0 aliphatic carbocycles. The van der Waals surface area contributed by atoms with Crippen molar-refractivity contribution in [2.24, 2.45) is 5.92 Å². The van der Waals surface area contributed by atoms with Crippen LogP contribution in [0.3, 0.4) is 0 Å². The van der Waals surface area contributed by atoms with E-state index >= 15 is 0 Å². The van der Waals surface area contributed by atoms with E-state index in [2.05, 4.69) is 26.0 Å². The molecule has 0 saturated carbocycles. The van der Waals surface area contributed by atoms with E-state index in [1.165, 1.54) is 25.7 Å². The van der Waals surface area contributed by atoms with E-state index in [0.29, 0.717) is 5.95 Å². The van der Waals surface area contributed by atoms with Gasteiger partial charge in [0.15, 0.2) is 4.73 Å². The Kier molecular flexibility index (Phi) is 4.79. The molecule has 2 heterocycles. The Morgan fingerprint density at radius 3 is 2.76 bits per heavy atom. The number of aromatic nitrogens is 3. The van der Waals surface area contributed by atoms with Crippen molar-refractivity contribution in [1.82, 2.24) is 14.8 Å². The third-order valence-electron chi connectivity index (χ3n) is 3.22. The summed E-state index contributed by atoms with van der Waals surface area (Å²) in [4.78, 5) is 4.01. The first-order valence-corrected chi connectivity index (χ1v) is 6.98. The van der Waals surface area contributed by atoms with Crippen LogP contribution in [0.2, 0.25) is 0 Å². The van der Waals surface area contributed by atoms with Crippen molar-refractivity contribution >= 4 is 21.9 Å². The van der Waals surface area contributed by atoms with Gasteiger partial charge in [-0.1, -0.05) is 12.8 Å². The first-order valence-electron chi connectivity index (χ1n) is 6.19. The van der Waals surface area contributed by atoms with Gasteiger partial charge in [-0.3, -0.25) is 0 Å². The molecule has 1 fully saturated rings. The molecule has 96 valence electrons. The number of hydrogen-bond acceptors (Lipinski definition) is 4. The van der Waals surface area contributed by atoms with Crippen LogP contribution in [0.1, 0.15) is 32.1 Å². The fourth-order valence-electron chi connectivity index (χ4n) is 2.21. The van der Waals surface area contributed by atoms with Gasteiger partial charge >= 0.3 is 0 Å². The molecule has 0 amide bonds. The highest BCUT2D eigenvalue weighted by Crippen LogP contribution is 2.21. The van der Waals surface area contributed by atoms with Crippen LogP contribution in [-0.4, -0.2) is 28.0 Å². The van der Waals surface area contributed by atoms with E-state index in [4.69, 9.17) is 10.5 Å². The molecule has 1 aromatic rings. The Labute approximate surface area is 110 Å². The van der Waals surface area contributed by atoms with Crippen LogP contribution in [-0.2, 0) is 11.3 Å². The summed E-state index contributed by atoms with van der Waals surface area (Å²) in [7, 11) is 0. The van der Waals surface area contributed by atoms with Gasteiger partial charge in [0, 0.05) is 19.8 Å². The summed E-state index contributed by atoms with van der Waals surface area (Å²) in [5.41, 5.74) is 5.51. The van der Waals surface area contributed by atoms with Gasteiger partial charge in [0.25, 0.3) is 0 Å². The van der Waals surface area contributed by atoms with E-state index in [1.807, 2.05) is 4.68 Å². The first-order chi connectivity index (χ1) is 8.25. The summed E-state index contributed by atoms with van der Waals surface area (Å²) in [5, 5.41) is 4.11. The summed E-state index contributed by atoms with van der Waals surface area (Å²) < 4.78 is 7.89. The summed E-state index contributed by atoms with van der Waals surface area (Å²) in [6, 6.07) is 0. The Bertz CT molecular complexity index is 349. The van der Waals surface area contributed by atoms with Crippen LogP contribution in [0, 0.1) is 5.92 Å². The van der Waals surface area contributed by atoms with Crippen molar-refractivity contribution in [2.75, 3.05) is 18.9 Å². The zero-order valence-electron chi connectivity index (χ0n) is 9.94. The van der Waals surface area contributed by atoms with Crippen LogP contribution >= 0.6 is 15.9 Å². The maximum atomic E-state index is 5.51. The number of hydrogen-bond donors (Lipinski definition) is 1. The maximum absolute atomic E-state index is 5.51. The molecule has 5 nitrogen and oxygen atoms in total. The topological polar surface area (TPSA) is 66.0 Å². The summed E-state index contributed by atoms with van der Waals surface area (Å²) in [6.45, 7) is 2.76. The summed E-state index contributed by atoms with van der Waals surface area (Å²) in [5.74, 6) is 1.19. The van der Waals surface area contributed by atoms with Crippen LogP contribution in [0.15, 0.2) is 4.73 Å². The zero-order chi connectivity index (χ0) is 12.1. The smallest absolute Gasteiger partial charge is 0.240 e. The van der Waals surface area contributed by atoms with Gasteiger partial charge in [0.05, 0.1) is 0 Å². The molecule has 0 radical (unpaired) electrons. The third-order valence-corrected chi connectivity index (χ3v) is 3.80. The average Bonchev–Trinajstić information content (AvgIpc) is 2.65. The molecule has 1 aliphatic heterocycles. The number of rotatable bonds is 5. The highest BCUT2D eigenvalue weighted by Gasteiger charge is 2.13. The van der Waals surface area contributed by atoms with Crippen molar-refractivity contribution in [3.63, 3.8) is 0 Å². The molecule has 0 bridgehead atoms. The number of anilines is 1. The minimum atomic E-state index is 0.335. The molecule has 0 unspecified atom stereocenters. The van der Waals surface area contributed by atoms with Gasteiger partial charge in [-0.15, -0.1) is 5.10 Å². The van der Waals surface area contributed by atoms with E-state index in [0.717, 1.165) is 36.8 Å². The highest BCUT2D eigenvalue weighted by atomic mass is 79.9. The summed E-state index contributed by atoms with van der Waals surface area (Å²) >= 11 is 3.34. The van der Waals surface area contributed by atoms with E-state index in [-0.39, 0.29) is 0 Å². The molecule has 1 aliphatic rings. The molecule has 0 aromatic carbocycles.